The molecule has 3 nitrogen and oxygen atoms in total. The summed E-state index contributed by atoms with van der Waals surface area (Å²) < 4.78 is 15.0. The summed E-state index contributed by atoms with van der Waals surface area (Å²) in [5, 5.41) is 0. The molecule has 0 rings (SSSR count). The van der Waals surface area contributed by atoms with Gasteiger partial charge in [0, 0.05) is 6.66 Å². The van der Waals surface area contributed by atoms with Crippen molar-refractivity contribution in [3.63, 3.8) is 0 Å². The first-order valence-electron chi connectivity index (χ1n) is 2.57. The molecule has 0 aliphatic heterocycles. The van der Waals surface area contributed by atoms with Gasteiger partial charge < -0.3 is 9.42 Å². The van der Waals surface area contributed by atoms with Crippen LogP contribution in [0.1, 0.15) is 6.92 Å². The van der Waals surface area contributed by atoms with Crippen LogP contribution < -0.4 is 0 Å². The molecule has 0 radical (unpaired) electrons. The average molecular weight is 150 g/mol. The van der Waals surface area contributed by atoms with Crippen molar-refractivity contribution in [3.05, 3.63) is 12.7 Å². The maximum Gasteiger partial charge on any atom is 0.325 e. The molecule has 4 heteroatoms. The molecular formula is C5H11O3P. The summed E-state index contributed by atoms with van der Waals surface area (Å²) in [6, 6.07) is 0. The van der Waals surface area contributed by atoms with E-state index in [0.717, 1.165) is 6.66 Å². The fourth-order valence-corrected chi connectivity index (χ4v) is 1.05. The molecule has 0 aliphatic rings. The van der Waals surface area contributed by atoms with E-state index in [1.807, 2.05) is 0 Å². The van der Waals surface area contributed by atoms with Crippen molar-refractivity contribution in [2.75, 3.05) is 6.66 Å². The van der Waals surface area contributed by atoms with E-state index >= 15 is 0 Å². The monoisotopic (exact) mass is 150 g/mol. The third-order valence-electron chi connectivity index (χ3n) is 0.694. The Kier molecular flexibility index (Phi) is 3.12. The molecule has 2 unspecified atom stereocenters. The Labute approximate surface area is 54.9 Å². The first-order valence-corrected chi connectivity index (χ1v) is 4.59. The maximum absolute atomic E-state index is 10.5. The first kappa shape index (κ1) is 8.89. The SMILES string of the molecule is C=CC(C)OP(C)(=O)O. The van der Waals surface area contributed by atoms with Crippen molar-refractivity contribution < 1.29 is 14.0 Å². The maximum atomic E-state index is 10.5. The van der Waals surface area contributed by atoms with Crippen LogP contribution in [0, 0.1) is 0 Å². The van der Waals surface area contributed by atoms with Gasteiger partial charge in [0.25, 0.3) is 0 Å². The second-order valence-electron chi connectivity index (χ2n) is 1.85. The Hall–Kier alpha value is -0.110. The second kappa shape index (κ2) is 3.16. The van der Waals surface area contributed by atoms with Crippen LogP contribution >= 0.6 is 7.60 Å². The van der Waals surface area contributed by atoms with E-state index < -0.39 is 7.60 Å². The van der Waals surface area contributed by atoms with E-state index in [2.05, 4.69) is 11.1 Å². The molecule has 0 heterocycles. The lowest BCUT2D eigenvalue weighted by Gasteiger charge is -2.09. The zero-order valence-corrected chi connectivity index (χ0v) is 6.47. The second-order valence-corrected chi connectivity index (χ2v) is 3.67. The molecule has 9 heavy (non-hydrogen) atoms. The van der Waals surface area contributed by atoms with Crippen LogP contribution in [0.15, 0.2) is 12.7 Å². The Morgan fingerprint density at radius 1 is 1.89 bits per heavy atom. The Morgan fingerprint density at radius 2 is 2.33 bits per heavy atom. The van der Waals surface area contributed by atoms with Gasteiger partial charge in [-0.3, -0.25) is 4.57 Å². The van der Waals surface area contributed by atoms with Gasteiger partial charge in [-0.05, 0) is 6.92 Å². The van der Waals surface area contributed by atoms with Gasteiger partial charge in [0.05, 0.1) is 6.10 Å². The van der Waals surface area contributed by atoms with Crippen molar-refractivity contribution in [2.24, 2.45) is 0 Å². The van der Waals surface area contributed by atoms with Crippen LogP contribution in [0.2, 0.25) is 0 Å². The lowest BCUT2D eigenvalue weighted by molar-refractivity contribution is 0.230. The topological polar surface area (TPSA) is 46.5 Å². The van der Waals surface area contributed by atoms with E-state index in [4.69, 9.17) is 4.89 Å². The highest BCUT2D eigenvalue weighted by Crippen LogP contribution is 2.38. The summed E-state index contributed by atoms with van der Waals surface area (Å²) in [7, 11) is -3.31. The van der Waals surface area contributed by atoms with Gasteiger partial charge in [0.15, 0.2) is 0 Å². The number of hydrogen-bond donors (Lipinski definition) is 1. The fraction of sp³-hybridized carbons (Fsp3) is 0.600. The van der Waals surface area contributed by atoms with E-state index in [1.54, 1.807) is 6.92 Å². The summed E-state index contributed by atoms with van der Waals surface area (Å²) in [5.41, 5.74) is 0. The molecule has 0 aliphatic carbocycles. The summed E-state index contributed by atoms with van der Waals surface area (Å²) in [5.74, 6) is 0. The highest BCUT2D eigenvalue weighted by Gasteiger charge is 2.12. The van der Waals surface area contributed by atoms with Gasteiger partial charge in [0.1, 0.15) is 0 Å². The third kappa shape index (κ3) is 5.77. The first-order chi connectivity index (χ1) is 3.95. The summed E-state index contributed by atoms with van der Waals surface area (Å²) in [6.07, 6.45) is 1.11. The molecule has 0 aromatic rings. The molecule has 0 fully saturated rings. The minimum Gasteiger partial charge on any atom is -0.324 e. The molecule has 0 saturated carbocycles. The zero-order chi connectivity index (χ0) is 7.49. The van der Waals surface area contributed by atoms with Gasteiger partial charge in [-0.1, -0.05) is 6.08 Å². The Bertz CT molecular complexity index is 137. The molecule has 0 spiro atoms. The predicted octanol–water partition coefficient (Wildman–Crippen LogP) is 1.39. The zero-order valence-electron chi connectivity index (χ0n) is 5.57. The lowest BCUT2D eigenvalue weighted by Crippen LogP contribution is -2.00. The summed E-state index contributed by atoms with van der Waals surface area (Å²) in [4.78, 5) is 8.60. The average Bonchev–Trinajstić information content (AvgIpc) is 1.62. The molecule has 1 N–H and O–H groups in total. The summed E-state index contributed by atoms with van der Waals surface area (Å²) in [6.45, 7) is 6.19. The van der Waals surface area contributed by atoms with Gasteiger partial charge in [-0.25, -0.2) is 0 Å². The molecule has 2 atom stereocenters. The van der Waals surface area contributed by atoms with Gasteiger partial charge in [0.2, 0.25) is 0 Å². The molecular weight excluding hydrogens is 139 g/mol. The van der Waals surface area contributed by atoms with Crippen molar-refractivity contribution in [3.8, 4) is 0 Å². The molecule has 54 valence electrons. The minimum atomic E-state index is -3.31. The molecule has 0 aromatic heterocycles. The van der Waals surface area contributed by atoms with E-state index in [0.29, 0.717) is 0 Å². The molecule has 0 saturated heterocycles. The van der Waals surface area contributed by atoms with Crippen LogP contribution in [0.5, 0.6) is 0 Å². The van der Waals surface area contributed by atoms with Crippen molar-refractivity contribution in [1.29, 1.82) is 0 Å². The van der Waals surface area contributed by atoms with Gasteiger partial charge >= 0.3 is 7.60 Å². The predicted molar refractivity (Wildman–Crippen MR) is 36.5 cm³/mol. The molecule has 0 bridgehead atoms. The van der Waals surface area contributed by atoms with Crippen molar-refractivity contribution in [1.82, 2.24) is 0 Å². The quantitative estimate of drug-likeness (QED) is 0.488. The molecule has 0 aromatic carbocycles. The van der Waals surface area contributed by atoms with Crippen LogP contribution in [-0.4, -0.2) is 17.7 Å². The smallest absolute Gasteiger partial charge is 0.324 e. The minimum absolute atomic E-state index is 0.356. The van der Waals surface area contributed by atoms with Crippen LogP contribution in [0.3, 0.4) is 0 Å². The van der Waals surface area contributed by atoms with Crippen LogP contribution in [0.25, 0.3) is 0 Å². The lowest BCUT2D eigenvalue weighted by atomic mass is 10.4. The number of rotatable bonds is 3. The number of hydrogen-bond acceptors (Lipinski definition) is 2. The van der Waals surface area contributed by atoms with Crippen molar-refractivity contribution in [2.45, 2.75) is 13.0 Å². The third-order valence-corrected chi connectivity index (χ3v) is 1.42. The normalized spacial score (nSPS) is 20.3. The van der Waals surface area contributed by atoms with Crippen LogP contribution in [-0.2, 0) is 9.09 Å². The summed E-state index contributed by atoms with van der Waals surface area (Å²) >= 11 is 0. The standard InChI is InChI=1S/C5H11O3P/c1-4-5(2)8-9(3,6)7/h4-5H,1H2,2-3H3,(H,6,7). The fourth-order valence-electron chi connectivity index (χ4n) is 0.352. The van der Waals surface area contributed by atoms with Crippen LogP contribution in [0.4, 0.5) is 0 Å². The van der Waals surface area contributed by atoms with Crippen molar-refractivity contribution >= 4 is 7.60 Å². The Balaban J connectivity index is 3.74. The van der Waals surface area contributed by atoms with E-state index in [-0.39, 0.29) is 6.10 Å². The van der Waals surface area contributed by atoms with Gasteiger partial charge in [-0.15, -0.1) is 6.58 Å². The highest BCUT2D eigenvalue weighted by atomic mass is 31.2. The van der Waals surface area contributed by atoms with Gasteiger partial charge in [-0.2, -0.15) is 0 Å². The van der Waals surface area contributed by atoms with E-state index in [9.17, 15) is 4.57 Å². The Morgan fingerprint density at radius 3 is 2.44 bits per heavy atom. The molecule has 0 amide bonds. The highest BCUT2D eigenvalue weighted by molar-refractivity contribution is 7.51. The largest absolute Gasteiger partial charge is 0.325 e. The van der Waals surface area contributed by atoms with E-state index in [1.165, 1.54) is 6.08 Å².